The molecule has 0 saturated carbocycles. The van der Waals surface area contributed by atoms with Crippen LogP contribution in [0.5, 0.6) is 0 Å². The van der Waals surface area contributed by atoms with Crippen molar-refractivity contribution in [1.82, 2.24) is 0 Å². The van der Waals surface area contributed by atoms with E-state index >= 15 is 0 Å². The lowest BCUT2D eigenvalue weighted by atomic mass is 10.4. The average molecular weight is 238 g/mol. The molecular formula is C9H22O5Si. The fraction of sp³-hybridized carbons (Fsp3) is 1.00. The summed E-state index contributed by atoms with van der Waals surface area (Å²) in [7, 11) is 1.67. The van der Waals surface area contributed by atoms with Crippen LogP contribution in [0.4, 0.5) is 0 Å². The first kappa shape index (κ1) is 15.0. The highest BCUT2D eigenvalue weighted by Gasteiger charge is 2.41. The van der Waals surface area contributed by atoms with Crippen molar-refractivity contribution in [3.05, 3.63) is 0 Å². The van der Waals surface area contributed by atoms with E-state index in [1.54, 1.807) is 0 Å². The molecule has 0 spiro atoms. The topological polar surface area (TPSA) is 46.2 Å². The molecule has 0 aliphatic carbocycles. The van der Waals surface area contributed by atoms with Gasteiger partial charge in [0.2, 0.25) is 0 Å². The maximum Gasteiger partial charge on any atom is 0.678 e. The number of unbranched alkanes of at least 4 members (excludes halogenated alkanes) is 1. The summed E-state index contributed by atoms with van der Waals surface area (Å²) in [6.45, 7) is 3.84. The summed E-state index contributed by atoms with van der Waals surface area (Å²) in [5.74, 6) is 0. The highest BCUT2D eigenvalue weighted by molar-refractivity contribution is 6.53. The molecule has 0 heterocycles. The van der Waals surface area contributed by atoms with Crippen LogP contribution in [-0.2, 0) is 22.4 Å². The SMILES string of the molecule is CCCCOCCO[Si](OC)(OC)OC. The minimum atomic E-state index is -2.87. The Morgan fingerprint density at radius 1 is 0.867 bits per heavy atom. The Morgan fingerprint density at radius 2 is 1.47 bits per heavy atom. The standard InChI is InChI=1S/C9H22O5Si/c1-5-6-7-13-8-9-14-15(10-2,11-3)12-4/h5-9H2,1-4H3. The predicted octanol–water partition coefficient (Wildman–Crippen LogP) is 1.19. The van der Waals surface area contributed by atoms with Gasteiger partial charge in [-0.15, -0.1) is 0 Å². The third kappa shape index (κ3) is 6.24. The van der Waals surface area contributed by atoms with Crippen molar-refractivity contribution < 1.29 is 22.4 Å². The molecule has 0 aromatic heterocycles. The van der Waals surface area contributed by atoms with E-state index in [9.17, 15) is 0 Å². The molecule has 0 aliphatic heterocycles. The van der Waals surface area contributed by atoms with Gasteiger partial charge in [-0.1, -0.05) is 13.3 Å². The monoisotopic (exact) mass is 238 g/mol. The molecule has 0 aromatic rings. The molecule has 0 atom stereocenters. The molecule has 92 valence electrons. The molecule has 0 aliphatic rings. The van der Waals surface area contributed by atoms with Crippen molar-refractivity contribution >= 4 is 9.05 Å². The Hall–Kier alpha value is 0.0169. The zero-order valence-electron chi connectivity index (χ0n) is 10.1. The number of hydrogen-bond donors (Lipinski definition) is 0. The van der Waals surface area contributed by atoms with Gasteiger partial charge in [0.15, 0.2) is 0 Å². The third-order valence-electron chi connectivity index (χ3n) is 1.90. The van der Waals surface area contributed by atoms with Gasteiger partial charge in [0.1, 0.15) is 0 Å². The summed E-state index contributed by atoms with van der Waals surface area (Å²) in [6.07, 6.45) is 2.20. The van der Waals surface area contributed by atoms with Gasteiger partial charge in [0.05, 0.1) is 13.2 Å². The number of hydrogen-bond acceptors (Lipinski definition) is 5. The minimum Gasteiger partial charge on any atom is -0.379 e. The molecule has 0 amide bonds. The fourth-order valence-electron chi connectivity index (χ4n) is 1.00. The van der Waals surface area contributed by atoms with Crippen molar-refractivity contribution in [3.8, 4) is 0 Å². The minimum absolute atomic E-state index is 0.422. The quantitative estimate of drug-likeness (QED) is 0.423. The van der Waals surface area contributed by atoms with E-state index in [2.05, 4.69) is 6.92 Å². The van der Waals surface area contributed by atoms with Crippen molar-refractivity contribution in [2.45, 2.75) is 19.8 Å². The fourth-order valence-corrected chi connectivity index (χ4v) is 2.19. The summed E-state index contributed by atoms with van der Waals surface area (Å²) in [6, 6.07) is 0. The van der Waals surface area contributed by atoms with Gasteiger partial charge in [-0.2, -0.15) is 0 Å². The van der Waals surface area contributed by atoms with E-state index in [0.717, 1.165) is 19.4 Å². The zero-order chi connectivity index (χ0) is 11.6. The largest absolute Gasteiger partial charge is 0.678 e. The Balaban J connectivity index is 3.54. The van der Waals surface area contributed by atoms with Crippen molar-refractivity contribution in [1.29, 1.82) is 0 Å². The van der Waals surface area contributed by atoms with Crippen LogP contribution in [-0.4, -0.2) is 50.2 Å². The van der Waals surface area contributed by atoms with Gasteiger partial charge >= 0.3 is 9.05 Å². The van der Waals surface area contributed by atoms with Crippen LogP contribution < -0.4 is 0 Å². The van der Waals surface area contributed by atoms with Crippen LogP contribution in [0.15, 0.2) is 0 Å². The normalized spacial score (nSPS) is 12.0. The molecule has 0 N–H and O–H groups in total. The lowest BCUT2D eigenvalue weighted by molar-refractivity contribution is -0.0121. The van der Waals surface area contributed by atoms with E-state index in [1.807, 2.05) is 0 Å². The summed E-state index contributed by atoms with van der Waals surface area (Å²) < 4.78 is 26.0. The van der Waals surface area contributed by atoms with E-state index in [1.165, 1.54) is 21.3 Å². The second kappa shape index (κ2) is 9.26. The van der Waals surface area contributed by atoms with Gasteiger partial charge < -0.3 is 22.4 Å². The highest BCUT2D eigenvalue weighted by Crippen LogP contribution is 2.07. The van der Waals surface area contributed by atoms with E-state index in [-0.39, 0.29) is 0 Å². The molecular weight excluding hydrogens is 216 g/mol. The van der Waals surface area contributed by atoms with Gasteiger partial charge in [-0.3, -0.25) is 0 Å². The van der Waals surface area contributed by atoms with Gasteiger partial charge in [0.25, 0.3) is 0 Å². The molecule has 0 aromatic carbocycles. The van der Waals surface area contributed by atoms with Crippen molar-refractivity contribution in [3.63, 3.8) is 0 Å². The maximum atomic E-state index is 5.40. The smallest absolute Gasteiger partial charge is 0.379 e. The molecule has 0 rings (SSSR count). The Bertz CT molecular complexity index is 132. The first-order chi connectivity index (χ1) is 7.24. The lowest BCUT2D eigenvalue weighted by Gasteiger charge is -2.22. The van der Waals surface area contributed by atoms with Crippen LogP contribution in [0.1, 0.15) is 19.8 Å². The van der Waals surface area contributed by atoms with Crippen molar-refractivity contribution in [2.75, 3.05) is 41.2 Å². The Labute approximate surface area is 93.1 Å². The molecule has 0 bridgehead atoms. The molecule has 15 heavy (non-hydrogen) atoms. The summed E-state index contributed by atoms with van der Waals surface area (Å²) in [5, 5.41) is 0. The van der Waals surface area contributed by atoms with E-state index in [4.69, 9.17) is 22.4 Å². The molecule has 0 radical (unpaired) electrons. The van der Waals surface area contributed by atoms with E-state index < -0.39 is 9.05 Å². The molecule has 0 fully saturated rings. The van der Waals surface area contributed by atoms with Gasteiger partial charge in [-0.25, -0.2) is 0 Å². The number of ether oxygens (including phenoxy) is 1. The Morgan fingerprint density at radius 3 is 1.93 bits per heavy atom. The maximum absolute atomic E-state index is 5.40. The van der Waals surface area contributed by atoms with Crippen LogP contribution >= 0.6 is 0 Å². The second-order valence-electron chi connectivity index (χ2n) is 2.93. The van der Waals surface area contributed by atoms with Crippen LogP contribution in [0.3, 0.4) is 0 Å². The van der Waals surface area contributed by atoms with Crippen LogP contribution in [0, 0.1) is 0 Å². The van der Waals surface area contributed by atoms with Crippen LogP contribution in [0.25, 0.3) is 0 Å². The first-order valence-electron chi connectivity index (χ1n) is 5.11. The second-order valence-corrected chi connectivity index (χ2v) is 5.44. The third-order valence-corrected chi connectivity index (χ3v) is 3.96. The van der Waals surface area contributed by atoms with Gasteiger partial charge in [-0.05, 0) is 6.42 Å². The highest BCUT2D eigenvalue weighted by atomic mass is 28.4. The van der Waals surface area contributed by atoms with Crippen LogP contribution in [0.2, 0.25) is 0 Å². The molecule has 0 saturated heterocycles. The van der Waals surface area contributed by atoms with E-state index in [0.29, 0.717) is 13.2 Å². The average Bonchev–Trinajstić information content (AvgIpc) is 2.29. The Kier molecular flexibility index (Phi) is 9.27. The van der Waals surface area contributed by atoms with Crippen molar-refractivity contribution in [2.24, 2.45) is 0 Å². The van der Waals surface area contributed by atoms with Gasteiger partial charge in [0, 0.05) is 27.9 Å². The summed E-state index contributed by atoms with van der Waals surface area (Å²) in [4.78, 5) is 0. The number of rotatable bonds is 10. The molecule has 5 nitrogen and oxygen atoms in total. The zero-order valence-corrected chi connectivity index (χ0v) is 11.1. The predicted molar refractivity (Wildman–Crippen MR) is 58.5 cm³/mol. The molecule has 0 unspecified atom stereocenters. The summed E-state index contributed by atoms with van der Waals surface area (Å²) in [5.41, 5.74) is 0. The molecule has 6 heteroatoms. The lowest BCUT2D eigenvalue weighted by Crippen LogP contribution is -2.47. The summed E-state index contributed by atoms with van der Waals surface area (Å²) >= 11 is 0. The first-order valence-corrected chi connectivity index (χ1v) is 6.75.